The molecule has 2 heterocycles. The molecule has 1 fully saturated rings. The molecule has 86 valence electrons. The van der Waals surface area contributed by atoms with Crippen LogP contribution < -0.4 is 0 Å². The minimum atomic E-state index is -3.00. The lowest BCUT2D eigenvalue weighted by atomic mass is 10.2. The van der Waals surface area contributed by atoms with Gasteiger partial charge in [0.1, 0.15) is 0 Å². The Morgan fingerprint density at radius 1 is 1.40 bits per heavy atom. The van der Waals surface area contributed by atoms with E-state index in [4.69, 9.17) is 0 Å². The zero-order valence-corrected chi connectivity index (χ0v) is 10.0. The van der Waals surface area contributed by atoms with Crippen LogP contribution in [-0.2, 0) is 10.0 Å². The molecule has 15 heavy (non-hydrogen) atoms. The third-order valence-electron chi connectivity index (χ3n) is 3.33. The van der Waals surface area contributed by atoms with Gasteiger partial charge in [0.05, 0.1) is 5.75 Å². The summed E-state index contributed by atoms with van der Waals surface area (Å²) in [5.74, 6) is 0.324. The van der Waals surface area contributed by atoms with Crippen molar-refractivity contribution in [2.75, 3.05) is 5.75 Å². The summed E-state index contributed by atoms with van der Waals surface area (Å²) in [5, 5.41) is 0. The molecule has 0 amide bonds. The molecule has 0 aliphatic carbocycles. The molecular weight excluding hydrogens is 210 g/mol. The zero-order chi connectivity index (χ0) is 10.9. The van der Waals surface area contributed by atoms with Crippen LogP contribution in [0.5, 0.6) is 0 Å². The topological polar surface area (TPSA) is 37.4 Å². The fourth-order valence-electron chi connectivity index (χ4n) is 2.55. The average Bonchev–Trinajstić information content (AvgIpc) is 2.48. The van der Waals surface area contributed by atoms with Gasteiger partial charge >= 0.3 is 0 Å². The summed E-state index contributed by atoms with van der Waals surface area (Å²) >= 11 is 0. The third kappa shape index (κ3) is 2.11. The number of rotatable bonds is 4. The van der Waals surface area contributed by atoms with Crippen molar-refractivity contribution in [3.8, 4) is 0 Å². The second-order valence-electron chi connectivity index (χ2n) is 4.46. The molecule has 0 aromatic carbocycles. The third-order valence-corrected chi connectivity index (χ3v) is 5.34. The van der Waals surface area contributed by atoms with Gasteiger partial charge in [0.2, 0.25) is 10.0 Å². The first-order chi connectivity index (χ1) is 7.15. The summed E-state index contributed by atoms with van der Waals surface area (Å²) in [7, 11) is -3.00. The van der Waals surface area contributed by atoms with Crippen LogP contribution in [0.4, 0.5) is 0 Å². The van der Waals surface area contributed by atoms with Crippen LogP contribution in [0.2, 0.25) is 0 Å². The molecule has 4 heteroatoms. The highest BCUT2D eigenvalue weighted by Gasteiger charge is 2.40. The normalized spacial score (nSPS) is 31.0. The van der Waals surface area contributed by atoms with Gasteiger partial charge in [-0.2, -0.15) is 4.31 Å². The molecule has 0 aromatic rings. The van der Waals surface area contributed by atoms with Crippen LogP contribution in [0.1, 0.15) is 39.0 Å². The Balaban J connectivity index is 2.13. The number of unbranched alkanes of at least 4 members (excludes halogenated alkanes) is 1. The van der Waals surface area contributed by atoms with Gasteiger partial charge in [-0.25, -0.2) is 8.42 Å². The van der Waals surface area contributed by atoms with Crippen LogP contribution >= 0.6 is 0 Å². The van der Waals surface area contributed by atoms with E-state index < -0.39 is 10.0 Å². The van der Waals surface area contributed by atoms with Gasteiger partial charge in [-0.05, 0) is 25.7 Å². The van der Waals surface area contributed by atoms with E-state index in [2.05, 4.69) is 12.2 Å². The van der Waals surface area contributed by atoms with Crippen molar-refractivity contribution in [3.63, 3.8) is 0 Å². The van der Waals surface area contributed by atoms with Gasteiger partial charge in [-0.3, -0.25) is 0 Å². The van der Waals surface area contributed by atoms with Gasteiger partial charge in [0.15, 0.2) is 0 Å². The van der Waals surface area contributed by atoms with Crippen LogP contribution in [0.3, 0.4) is 0 Å². The molecule has 3 nitrogen and oxygen atoms in total. The van der Waals surface area contributed by atoms with Crippen molar-refractivity contribution < 1.29 is 8.42 Å². The van der Waals surface area contributed by atoms with E-state index in [9.17, 15) is 8.42 Å². The molecule has 2 bridgehead atoms. The minimum Gasteiger partial charge on any atom is -0.212 e. The highest BCUT2D eigenvalue weighted by molar-refractivity contribution is 7.89. The maximum atomic E-state index is 12.1. The lowest BCUT2D eigenvalue weighted by Gasteiger charge is -2.30. The second-order valence-corrected chi connectivity index (χ2v) is 6.46. The molecule has 0 saturated carbocycles. The lowest BCUT2D eigenvalue weighted by Crippen LogP contribution is -2.43. The van der Waals surface area contributed by atoms with E-state index in [0.717, 1.165) is 32.1 Å². The Morgan fingerprint density at radius 3 is 2.87 bits per heavy atom. The second kappa shape index (κ2) is 4.26. The average molecular weight is 229 g/mol. The van der Waals surface area contributed by atoms with Crippen LogP contribution in [0.25, 0.3) is 0 Å². The maximum Gasteiger partial charge on any atom is 0.214 e. The first kappa shape index (κ1) is 11.1. The van der Waals surface area contributed by atoms with E-state index in [1.165, 1.54) is 0 Å². The molecule has 0 aromatic heterocycles. The quantitative estimate of drug-likeness (QED) is 0.691. The fourth-order valence-corrected chi connectivity index (χ4v) is 4.65. The molecular formula is C11H19NO2S. The molecule has 0 radical (unpaired) electrons. The Bertz CT molecular complexity index is 348. The first-order valence-electron chi connectivity index (χ1n) is 5.83. The highest BCUT2D eigenvalue weighted by atomic mass is 32.2. The highest BCUT2D eigenvalue weighted by Crippen LogP contribution is 2.34. The molecule has 2 unspecified atom stereocenters. The van der Waals surface area contributed by atoms with Crippen LogP contribution in [0.15, 0.2) is 12.2 Å². The predicted octanol–water partition coefficient (Wildman–Crippen LogP) is 1.91. The van der Waals surface area contributed by atoms with E-state index in [0.29, 0.717) is 5.75 Å². The Hall–Kier alpha value is -0.350. The number of hydrogen-bond donors (Lipinski definition) is 0. The SMILES string of the molecule is CCCCS(=O)(=O)N1C2C=CCC1CC2. The van der Waals surface area contributed by atoms with Crippen molar-refractivity contribution in [2.24, 2.45) is 0 Å². The van der Waals surface area contributed by atoms with Gasteiger partial charge < -0.3 is 0 Å². The largest absolute Gasteiger partial charge is 0.214 e. The summed E-state index contributed by atoms with van der Waals surface area (Å²) in [6, 6.07) is 0.410. The maximum absolute atomic E-state index is 12.1. The first-order valence-corrected chi connectivity index (χ1v) is 7.44. The molecule has 2 rings (SSSR count). The lowest BCUT2D eigenvalue weighted by molar-refractivity contribution is 0.340. The monoisotopic (exact) mass is 229 g/mol. The molecule has 2 aliphatic rings. The molecule has 2 aliphatic heterocycles. The van der Waals surface area contributed by atoms with E-state index in [1.807, 2.05) is 6.92 Å². The van der Waals surface area contributed by atoms with Crippen molar-refractivity contribution >= 4 is 10.0 Å². The van der Waals surface area contributed by atoms with E-state index in [-0.39, 0.29) is 12.1 Å². The molecule has 0 spiro atoms. The van der Waals surface area contributed by atoms with E-state index >= 15 is 0 Å². The van der Waals surface area contributed by atoms with Crippen molar-refractivity contribution in [1.29, 1.82) is 0 Å². The summed E-state index contributed by atoms with van der Waals surface area (Å²) in [4.78, 5) is 0. The van der Waals surface area contributed by atoms with Gasteiger partial charge in [0.25, 0.3) is 0 Å². The Labute approximate surface area is 92.2 Å². The van der Waals surface area contributed by atoms with Gasteiger partial charge in [-0.15, -0.1) is 0 Å². The van der Waals surface area contributed by atoms with Gasteiger partial charge in [-0.1, -0.05) is 25.5 Å². The van der Waals surface area contributed by atoms with Crippen LogP contribution in [0, 0.1) is 0 Å². The molecule has 2 atom stereocenters. The Kier molecular flexibility index (Phi) is 3.16. The summed E-state index contributed by atoms with van der Waals surface area (Å²) in [6.07, 6.45) is 8.86. The smallest absolute Gasteiger partial charge is 0.212 e. The molecule has 1 saturated heterocycles. The summed E-state index contributed by atoms with van der Waals surface area (Å²) in [5.41, 5.74) is 0. The van der Waals surface area contributed by atoms with Crippen LogP contribution in [-0.4, -0.2) is 30.6 Å². The number of hydrogen-bond acceptors (Lipinski definition) is 2. The molecule has 0 N–H and O–H groups in total. The number of sulfonamides is 1. The standard InChI is InChI=1S/C11H19NO2S/c1-2-3-9-15(13,14)12-10-5-4-6-11(12)8-7-10/h4-5,10-11H,2-3,6-9H2,1H3. The van der Waals surface area contributed by atoms with Crippen molar-refractivity contribution in [2.45, 2.75) is 51.1 Å². The summed E-state index contributed by atoms with van der Waals surface area (Å²) in [6.45, 7) is 2.03. The van der Waals surface area contributed by atoms with Crippen molar-refractivity contribution in [3.05, 3.63) is 12.2 Å². The zero-order valence-electron chi connectivity index (χ0n) is 9.22. The van der Waals surface area contributed by atoms with Crippen molar-refractivity contribution in [1.82, 2.24) is 4.31 Å². The predicted molar refractivity (Wildman–Crippen MR) is 61.1 cm³/mol. The minimum absolute atomic E-state index is 0.158. The van der Waals surface area contributed by atoms with Gasteiger partial charge in [0, 0.05) is 12.1 Å². The fraction of sp³-hybridized carbons (Fsp3) is 0.818. The van der Waals surface area contributed by atoms with E-state index in [1.54, 1.807) is 4.31 Å². The Morgan fingerprint density at radius 2 is 2.20 bits per heavy atom. The number of fused-ring (bicyclic) bond motifs is 2. The summed E-state index contributed by atoms with van der Waals surface area (Å²) < 4.78 is 26.0. The number of nitrogens with zero attached hydrogens (tertiary/aromatic N) is 1.